The van der Waals surface area contributed by atoms with Crippen LogP contribution in [0.4, 0.5) is 0 Å². The molecule has 0 unspecified atom stereocenters. The number of hydrogen-bond acceptors (Lipinski definition) is 1. The van der Waals surface area contributed by atoms with Gasteiger partial charge in [0.05, 0.1) is 0 Å². The van der Waals surface area contributed by atoms with Gasteiger partial charge in [0.15, 0.2) is 0 Å². The lowest BCUT2D eigenvalue weighted by atomic mass is 10.1. The molecule has 1 heterocycles. The Labute approximate surface area is 126 Å². The monoisotopic (exact) mass is 282 g/mol. The number of hydrogen-bond donors (Lipinski definition) is 1. The number of rotatable bonds is 4. The lowest BCUT2D eigenvalue weighted by Crippen LogP contribution is -2.33. The van der Waals surface area contributed by atoms with Crippen LogP contribution in [0.25, 0.3) is 11.1 Å². The molecule has 0 radical (unpaired) electrons. The average Bonchev–Trinajstić information content (AvgIpc) is 3.17. The SMILES string of the molecule is CCn1cc(-c2ccccc2)cc1C(=O)NC1CCCC1. The van der Waals surface area contributed by atoms with E-state index in [0.29, 0.717) is 6.04 Å². The third-order valence-corrected chi connectivity index (χ3v) is 4.27. The number of carbonyl (C=O) groups is 1. The lowest BCUT2D eigenvalue weighted by Gasteiger charge is -2.12. The molecule has 1 fully saturated rings. The van der Waals surface area contributed by atoms with Crippen molar-refractivity contribution in [2.24, 2.45) is 0 Å². The second-order valence-electron chi connectivity index (χ2n) is 5.72. The summed E-state index contributed by atoms with van der Waals surface area (Å²) in [6.07, 6.45) is 6.76. The topological polar surface area (TPSA) is 34.0 Å². The van der Waals surface area contributed by atoms with Crippen molar-refractivity contribution >= 4 is 5.91 Å². The highest BCUT2D eigenvalue weighted by Gasteiger charge is 2.20. The summed E-state index contributed by atoms with van der Waals surface area (Å²) in [5, 5.41) is 3.17. The summed E-state index contributed by atoms with van der Waals surface area (Å²) < 4.78 is 2.03. The number of nitrogens with zero attached hydrogens (tertiary/aromatic N) is 1. The van der Waals surface area contributed by atoms with E-state index in [0.717, 1.165) is 36.2 Å². The first-order valence-electron chi connectivity index (χ1n) is 7.84. The van der Waals surface area contributed by atoms with Crippen LogP contribution in [-0.4, -0.2) is 16.5 Å². The van der Waals surface area contributed by atoms with Crippen LogP contribution in [0.1, 0.15) is 43.1 Å². The molecule has 1 saturated carbocycles. The van der Waals surface area contributed by atoms with Gasteiger partial charge >= 0.3 is 0 Å². The maximum absolute atomic E-state index is 12.5. The highest BCUT2D eigenvalue weighted by molar-refractivity contribution is 5.94. The summed E-state index contributed by atoms with van der Waals surface area (Å²) >= 11 is 0. The number of carbonyl (C=O) groups excluding carboxylic acids is 1. The van der Waals surface area contributed by atoms with Gasteiger partial charge in [-0.1, -0.05) is 43.2 Å². The third-order valence-electron chi connectivity index (χ3n) is 4.27. The maximum atomic E-state index is 12.5. The quantitative estimate of drug-likeness (QED) is 0.908. The molecule has 1 aliphatic carbocycles. The van der Waals surface area contributed by atoms with E-state index >= 15 is 0 Å². The predicted octanol–water partition coefficient (Wildman–Crippen LogP) is 3.85. The fourth-order valence-electron chi connectivity index (χ4n) is 3.08. The Bertz CT molecular complexity index is 609. The standard InChI is InChI=1S/C18H22N2O/c1-2-20-13-15(14-8-4-3-5-9-14)12-17(20)18(21)19-16-10-6-7-11-16/h3-5,8-9,12-13,16H,2,6-7,10-11H2,1H3,(H,19,21). The molecular formula is C18H22N2O. The number of aryl methyl sites for hydroxylation is 1. The fraction of sp³-hybridized carbons (Fsp3) is 0.389. The zero-order chi connectivity index (χ0) is 14.7. The van der Waals surface area contributed by atoms with Gasteiger partial charge in [-0.15, -0.1) is 0 Å². The molecule has 0 spiro atoms. The third kappa shape index (κ3) is 3.02. The molecule has 1 N–H and O–H groups in total. The Morgan fingerprint density at radius 1 is 1.19 bits per heavy atom. The van der Waals surface area contributed by atoms with Crippen LogP contribution in [0, 0.1) is 0 Å². The number of amides is 1. The number of aromatic nitrogens is 1. The second kappa shape index (κ2) is 6.17. The Balaban J connectivity index is 1.84. The van der Waals surface area contributed by atoms with Crippen molar-refractivity contribution in [2.45, 2.75) is 45.2 Å². The van der Waals surface area contributed by atoms with Gasteiger partial charge in [0.25, 0.3) is 5.91 Å². The van der Waals surface area contributed by atoms with Gasteiger partial charge < -0.3 is 9.88 Å². The first-order valence-corrected chi connectivity index (χ1v) is 7.84. The van der Waals surface area contributed by atoms with Crippen molar-refractivity contribution in [1.29, 1.82) is 0 Å². The van der Waals surface area contributed by atoms with E-state index < -0.39 is 0 Å². The van der Waals surface area contributed by atoms with Crippen molar-refractivity contribution in [1.82, 2.24) is 9.88 Å². The van der Waals surface area contributed by atoms with E-state index in [1.54, 1.807) is 0 Å². The van der Waals surface area contributed by atoms with Gasteiger partial charge in [0.1, 0.15) is 5.69 Å². The minimum atomic E-state index is 0.0610. The lowest BCUT2D eigenvalue weighted by molar-refractivity contribution is 0.0928. The molecule has 1 aromatic heterocycles. The molecule has 110 valence electrons. The summed E-state index contributed by atoms with van der Waals surface area (Å²) in [4.78, 5) is 12.5. The highest BCUT2D eigenvalue weighted by atomic mass is 16.2. The van der Waals surface area contributed by atoms with Crippen LogP contribution >= 0.6 is 0 Å². The highest BCUT2D eigenvalue weighted by Crippen LogP contribution is 2.23. The van der Waals surface area contributed by atoms with Crippen molar-refractivity contribution in [3.8, 4) is 11.1 Å². The molecular weight excluding hydrogens is 260 g/mol. The van der Waals surface area contributed by atoms with Crippen LogP contribution < -0.4 is 5.32 Å². The summed E-state index contributed by atoms with van der Waals surface area (Å²) in [5.41, 5.74) is 3.02. The van der Waals surface area contributed by atoms with Crippen LogP contribution in [0.15, 0.2) is 42.6 Å². The van der Waals surface area contributed by atoms with E-state index in [9.17, 15) is 4.79 Å². The smallest absolute Gasteiger partial charge is 0.268 e. The molecule has 3 heteroatoms. The van der Waals surface area contributed by atoms with Crippen LogP contribution in [0.3, 0.4) is 0 Å². The molecule has 1 aromatic carbocycles. The summed E-state index contributed by atoms with van der Waals surface area (Å²) in [5.74, 6) is 0.0610. The normalized spacial score (nSPS) is 15.3. The summed E-state index contributed by atoms with van der Waals surface area (Å²) in [6, 6.07) is 12.6. The van der Waals surface area contributed by atoms with E-state index in [1.165, 1.54) is 12.8 Å². The maximum Gasteiger partial charge on any atom is 0.268 e. The zero-order valence-electron chi connectivity index (χ0n) is 12.5. The molecule has 0 saturated heterocycles. The molecule has 0 atom stereocenters. The molecule has 1 amide bonds. The molecule has 0 bridgehead atoms. The minimum Gasteiger partial charge on any atom is -0.348 e. The minimum absolute atomic E-state index is 0.0610. The molecule has 1 aliphatic rings. The molecule has 3 nitrogen and oxygen atoms in total. The van der Waals surface area contributed by atoms with Gasteiger partial charge in [0, 0.05) is 24.3 Å². The van der Waals surface area contributed by atoms with Crippen molar-refractivity contribution < 1.29 is 4.79 Å². The predicted molar refractivity (Wildman–Crippen MR) is 85.3 cm³/mol. The first-order chi connectivity index (χ1) is 10.3. The van der Waals surface area contributed by atoms with E-state index in [-0.39, 0.29) is 5.91 Å². The van der Waals surface area contributed by atoms with Gasteiger partial charge in [-0.2, -0.15) is 0 Å². The van der Waals surface area contributed by atoms with Crippen LogP contribution in [0.2, 0.25) is 0 Å². The van der Waals surface area contributed by atoms with Gasteiger partial charge in [-0.25, -0.2) is 0 Å². The van der Waals surface area contributed by atoms with Crippen molar-refractivity contribution in [2.75, 3.05) is 0 Å². The Morgan fingerprint density at radius 3 is 2.57 bits per heavy atom. The van der Waals surface area contributed by atoms with Gasteiger partial charge in [-0.3, -0.25) is 4.79 Å². The first kappa shape index (κ1) is 13.9. The number of nitrogens with one attached hydrogen (secondary N) is 1. The van der Waals surface area contributed by atoms with Crippen LogP contribution in [0.5, 0.6) is 0 Å². The fourth-order valence-corrected chi connectivity index (χ4v) is 3.08. The molecule has 2 aromatic rings. The molecule has 0 aliphatic heterocycles. The molecule has 3 rings (SSSR count). The Morgan fingerprint density at radius 2 is 1.90 bits per heavy atom. The second-order valence-corrected chi connectivity index (χ2v) is 5.72. The van der Waals surface area contributed by atoms with Crippen molar-refractivity contribution in [3.63, 3.8) is 0 Å². The van der Waals surface area contributed by atoms with E-state index in [2.05, 4.69) is 30.6 Å². The van der Waals surface area contributed by atoms with E-state index in [1.807, 2.05) is 28.8 Å². The number of benzene rings is 1. The summed E-state index contributed by atoms with van der Waals surface area (Å²) in [6.45, 7) is 2.88. The van der Waals surface area contributed by atoms with Gasteiger partial charge in [-0.05, 0) is 31.4 Å². The van der Waals surface area contributed by atoms with Crippen molar-refractivity contribution in [3.05, 3.63) is 48.3 Å². The summed E-state index contributed by atoms with van der Waals surface area (Å²) in [7, 11) is 0. The van der Waals surface area contributed by atoms with E-state index in [4.69, 9.17) is 0 Å². The van der Waals surface area contributed by atoms with Gasteiger partial charge in [0.2, 0.25) is 0 Å². The molecule has 21 heavy (non-hydrogen) atoms. The Hall–Kier alpha value is -2.03. The Kier molecular flexibility index (Phi) is 4.09. The largest absolute Gasteiger partial charge is 0.348 e. The zero-order valence-corrected chi connectivity index (χ0v) is 12.5. The van der Waals surface area contributed by atoms with Crippen LogP contribution in [-0.2, 0) is 6.54 Å². The average molecular weight is 282 g/mol.